The summed E-state index contributed by atoms with van der Waals surface area (Å²) in [5, 5.41) is 13.7. The SMILES string of the molecule is C=CCCC(=O)N[C@H](COC)[C@H](OC(=O)[C@@H]1[C@@H]2CC[C@]3(O2)[C@H](C(=O)N(CC=C)Cc2ccccc2)N([C@@H](CO)[C@@H](C)CC)C(=O)[C@@H]13)c1ccccc1. The molecule has 0 saturated carbocycles. The van der Waals surface area contributed by atoms with Crippen LogP contribution in [0.5, 0.6) is 0 Å². The Bertz CT molecular complexity index is 1570. The third kappa shape index (κ3) is 7.72. The minimum Gasteiger partial charge on any atom is -0.455 e. The lowest BCUT2D eigenvalue weighted by Gasteiger charge is -2.41. The molecule has 3 aliphatic rings. The molecule has 2 N–H and O–H groups in total. The molecule has 52 heavy (non-hydrogen) atoms. The van der Waals surface area contributed by atoms with Crippen LogP contribution in [0, 0.1) is 17.8 Å². The van der Waals surface area contributed by atoms with Crippen molar-refractivity contribution in [3.05, 3.63) is 97.1 Å². The zero-order chi connectivity index (χ0) is 37.4. The van der Waals surface area contributed by atoms with Gasteiger partial charge in [-0.15, -0.1) is 13.2 Å². The van der Waals surface area contributed by atoms with E-state index in [4.69, 9.17) is 14.2 Å². The molecule has 3 heterocycles. The fraction of sp³-hybridized carbons (Fsp3) is 0.512. The van der Waals surface area contributed by atoms with E-state index < -0.39 is 59.6 Å². The minimum absolute atomic E-state index is 0.0571. The molecule has 9 atom stereocenters. The number of aliphatic hydroxyl groups excluding tert-OH is 1. The van der Waals surface area contributed by atoms with Crippen LogP contribution in [0.1, 0.15) is 63.2 Å². The van der Waals surface area contributed by atoms with Crippen LogP contribution in [0.2, 0.25) is 0 Å². The Morgan fingerprint density at radius 3 is 2.42 bits per heavy atom. The molecule has 3 aliphatic heterocycles. The molecule has 1 spiro atoms. The first-order valence-corrected chi connectivity index (χ1v) is 18.3. The van der Waals surface area contributed by atoms with Gasteiger partial charge in [-0.25, -0.2) is 0 Å². The number of hydrogen-bond acceptors (Lipinski definition) is 8. The highest BCUT2D eigenvalue weighted by Crippen LogP contribution is 2.59. The molecule has 2 aromatic rings. The van der Waals surface area contributed by atoms with Gasteiger partial charge < -0.3 is 34.4 Å². The number of nitrogens with zero attached hydrogens (tertiary/aromatic N) is 2. The second-order valence-electron chi connectivity index (χ2n) is 14.2. The van der Waals surface area contributed by atoms with Gasteiger partial charge in [-0.05, 0) is 36.3 Å². The molecule has 3 saturated heterocycles. The lowest BCUT2D eigenvalue weighted by molar-refractivity contribution is -0.164. The Morgan fingerprint density at radius 2 is 1.81 bits per heavy atom. The quantitative estimate of drug-likeness (QED) is 0.162. The number of fused-ring (bicyclic) bond motifs is 1. The predicted molar refractivity (Wildman–Crippen MR) is 195 cm³/mol. The molecule has 0 radical (unpaired) electrons. The highest BCUT2D eigenvalue weighted by Gasteiger charge is 2.76. The molecule has 5 rings (SSSR count). The fourth-order valence-corrected chi connectivity index (χ4v) is 8.30. The van der Waals surface area contributed by atoms with Gasteiger partial charge in [0, 0.05) is 26.6 Å². The van der Waals surface area contributed by atoms with Gasteiger partial charge in [-0.1, -0.05) is 93.1 Å². The van der Waals surface area contributed by atoms with Gasteiger partial charge in [-0.2, -0.15) is 0 Å². The van der Waals surface area contributed by atoms with Crippen molar-refractivity contribution in [2.75, 3.05) is 26.9 Å². The number of carbonyl (C=O) groups excluding carboxylic acids is 4. The monoisotopic (exact) mass is 715 g/mol. The standard InChI is InChI=1S/C41H53N3O8/c1-6-9-20-33(46)42-30(26-50-5)36(29-18-14-11-15-19-29)51-40(49)34-32-21-22-41(52-32)35(34)38(47)44(31(25-45)27(4)8-3)37(41)39(48)43(23-7-2)24-28-16-12-10-13-17-28/h6-7,10-19,27,30-32,34-37,45H,1-2,8-9,20-26H2,3-5H3,(H,42,46)/t27-,30+,31-,32-,34+,35+,36+,37-,41+/m0/s1. The van der Waals surface area contributed by atoms with Gasteiger partial charge in [0.2, 0.25) is 17.7 Å². The maximum Gasteiger partial charge on any atom is 0.313 e. The number of allylic oxidation sites excluding steroid dienone is 1. The highest BCUT2D eigenvalue weighted by molar-refractivity contribution is 5.98. The average molecular weight is 716 g/mol. The normalized spacial score (nSPS) is 25.5. The highest BCUT2D eigenvalue weighted by atomic mass is 16.6. The average Bonchev–Trinajstić information content (AvgIpc) is 3.81. The Morgan fingerprint density at radius 1 is 1.12 bits per heavy atom. The summed E-state index contributed by atoms with van der Waals surface area (Å²) in [5.41, 5.74) is 0.258. The smallest absolute Gasteiger partial charge is 0.313 e. The number of carbonyl (C=O) groups is 4. The van der Waals surface area contributed by atoms with E-state index in [9.17, 15) is 24.3 Å². The molecule has 280 valence electrons. The Kier molecular flexibility index (Phi) is 13.1. The number of hydrogen-bond donors (Lipinski definition) is 2. The van der Waals surface area contributed by atoms with Crippen molar-refractivity contribution >= 4 is 23.7 Å². The number of rotatable bonds is 19. The number of amides is 3. The molecule has 2 bridgehead atoms. The number of likely N-dealkylation sites (tertiary alicyclic amines) is 1. The van der Waals surface area contributed by atoms with E-state index in [1.807, 2.05) is 74.5 Å². The molecule has 0 aliphatic carbocycles. The van der Waals surface area contributed by atoms with E-state index in [0.29, 0.717) is 31.2 Å². The van der Waals surface area contributed by atoms with Crippen LogP contribution < -0.4 is 5.32 Å². The molecule has 0 unspecified atom stereocenters. The van der Waals surface area contributed by atoms with Crippen molar-refractivity contribution in [3.8, 4) is 0 Å². The zero-order valence-electron chi connectivity index (χ0n) is 30.5. The van der Waals surface area contributed by atoms with Crippen molar-refractivity contribution in [2.45, 2.75) is 88.4 Å². The predicted octanol–water partition coefficient (Wildman–Crippen LogP) is 4.36. The van der Waals surface area contributed by atoms with E-state index in [2.05, 4.69) is 18.5 Å². The number of aliphatic hydroxyl groups is 1. The number of ether oxygens (including phenoxy) is 3. The van der Waals surface area contributed by atoms with E-state index >= 15 is 0 Å². The summed E-state index contributed by atoms with van der Waals surface area (Å²) < 4.78 is 18.5. The van der Waals surface area contributed by atoms with E-state index in [1.54, 1.807) is 17.1 Å². The second kappa shape index (κ2) is 17.5. The first-order chi connectivity index (χ1) is 25.1. The van der Waals surface area contributed by atoms with Crippen molar-refractivity contribution in [2.24, 2.45) is 17.8 Å². The van der Waals surface area contributed by atoms with Gasteiger partial charge >= 0.3 is 5.97 Å². The van der Waals surface area contributed by atoms with Gasteiger partial charge in [-0.3, -0.25) is 19.2 Å². The van der Waals surface area contributed by atoms with Gasteiger partial charge in [0.1, 0.15) is 17.7 Å². The Balaban J connectivity index is 1.52. The summed E-state index contributed by atoms with van der Waals surface area (Å²) >= 11 is 0. The summed E-state index contributed by atoms with van der Waals surface area (Å²) in [4.78, 5) is 60.4. The van der Waals surface area contributed by atoms with Gasteiger partial charge in [0.25, 0.3) is 0 Å². The minimum atomic E-state index is -1.30. The number of methoxy groups -OCH3 is 1. The van der Waals surface area contributed by atoms with Gasteiger partial charge in [0.05, 0.1) is 43.2 Å². The van der Waals surface area contributed by atoms with Crippen LogP contribution >= 0.6 is 0 Å². The van der Waals surface area contributed by atoms with Crippen LogP contribution in [0.15, 0.2) is 86.0 Å². The molecular weight excluding hydrogens is 662 g/mol. The fourth-order valence-electron chi connectivity index (χ4n) is 8.30. The maximum absolute atomic E-state index is 14.9. The molecule has 3 amide bonds. The first-order valence-electron chi connectivity index (χ1n) is 18.3. The maximum atomic E-state index is 14.9. The largest absolute Gasteiger partial charge is 0.455 e. The van der Waals surface area contributed by atoms with E-state index in [0.717, 1.165) is 5.56 Å². The van der Waals surface area contributed by atoms with Crippen molar-refractivity contribution in [1.29, 1.82) is 0 Å². The summed E-state index contributed by atoms with van der Waals surface area (Å²) in [5.74, 6) is -3.78. The van der Waals surface area contributed by atoms with Crippen LogP contribution in [0.25, 0.3) is 0 Å². The second-order valence-corrected chi connectivity index (χ2v) is 14.2. The molecule has 11 heteroatoms. The van der Waals surface area contributed by atoms with Crippen molar-refractivity contribution in [1.82, 2.24) is 15.1 Å². The van der Waals surface area contributed by atoms with E-state index in [1.165, 1.54) is 12.0 Å². The summed E-state index contributed by atoms with van der Waals surface area (Å²) in [6, 6.07) is 16.2. The van der Waals surface area contributed by atoms with Crippen LogP contribution in [-0.4, -0.2) is 95.3 Å². The Hall–Kier alpha value is -4.32. The number of esters is 1. The van der Waals surface area contributed by atoms with Crippen LogP contribution in [-0.2, 0) is 39.9 Å². The summed E-state index contributed by atoms with van der Waals surface area (Å²) in [6.45, 7) is 11.7. The van der Waals surface area contributed by atoms with Crippen LogP contribution in [0.4, 0.5) is 0 Å². The van der Waals surface area contributed by atoms with Crippen molar-refractivity contribution < 1.29 is 38.5 Å². The summed E-state index contributed by atoms with van der Waals surface area (Å²) in [7, 11) is 1.51. The lowest BCUT2D eigenvalue weighted by Crippen LogP contribution is -2.59. The Labute approximate surface area is 307 Å². The van der Waals surface area contributed by atoms with Gasteiger partial charge in [0.15, 0.2) is 0 Å². The molecule has 3 fully saturated rings. The molecule has 0 aromatic heterocycles. The van der Waals surface area contributed by atoms with Crippen LogP contribution in [0.3, 0.4) is 0 Å². The molecule has 2 aromatic carbocycles. The third-order valence-corrected chi connectivity index (χ3v) is 11.0. The third-order valence-electron chi connectivity index (χ3n) is 11.0. The first kappa shape index (κ1) is 38.9. The lowest BCUT2D eigenvalue weighted by atomic mass is 9.70. The van der Waals surface area contributed by atoms with E-state index in [-0.39, 0.29) is 50.5 Å². The van der Waals surface area contributed by atoms with Crippen molar-refractivity contribution in [3.63, 3.8) is 0 Å². The molecule has 11 nitrogen and oxygen atoms in total. The summed E-state index contributed by atoms with van der Waals surface area (Å²) in [6.07, 6.45) is 3.89. The number of benzene rings is 2. The molecular formula is C41H53N3O8. The zero-order valence-corrected chi connectivity index (χ0v) is 30.5. The number of nitrogens with one attached hydrogen (secondary N) is 1. The topological polar surface area (TPSA) is 135 Å².